The summed E-state index contributed by atoms with van der Waals surface area (Å²) in [5.41, 5.74) is 2.22. The molecule has 1 N–H and O–H groups in total. The Morgan fingerprint density at radius 1 is 1.04 bits per heavy atom. The van der Waals surface area contributed by atoms with Crippen LogP contribution in [-0.4, -0.2) is 51.4 Å². The van der Waals surface area contributed by atoms with E-state index in [0.29, 0.717) is 19.5 Å². The molecule has 2 aliphatic heterocycles. The van der Waals surface area contributed by atoms with Crippen molar-refractivity contribution in [3.63, 3.8) is 0 Å². The minimum absolute atomic E-state index is 0.0293. The molecule has 0 bridgehead atoms. The molecule has 2 saturated heterocycles. The van der Waals surface area contributed by atoms with Gasteiger partial charge in [0, 0.05) is 38.2 Å². The van der Waals surface area contributed by atoms with Gasteiger partial charge in [0.1, 0.15) is 0 Å². The lowest BCUT2D eigenvalue weighted by atomic mass is 9.94. The van der Waals surface area contributed by atoms with Crippen LogP contribution in [0, 0.1) is 5.92 Å². The van der Waals surface area contributed by atoms with Gasteiger partial charge in [-0.3, -0.25) is 14.7 Å². The number of rotatable bonds is 5. The predicted octanol–water partition coefficient (Wildman–Crippen LogP) is 2.94. The number of nitrogens with zero attached hydrogens (tertiary/aromatic N) is 3. The molecule has 0 aliphatic carbocycles. The van der Waals surface area contributed by atoms with Gasteiger partial charge in [0.2, 0.25) is 11.8 Å². The second-order valence-electron chi connectivity index (χ2n) is 7.84. The summed E-state index contributed by atoms with van der Waals surface area (Å²) in [5.74, 6) is 0.474. The molecule has 1 atom stereocenters. The Morgan fingerprint density at radius 3 is 2.54 bits per heavy atom. The molecule has 3 heterocycles. The number of aromatic nitrogens is 2. The van der Waals surface area contributed by atoms with Crippen LogP contribution in [-0.2, 0) is 16.0 Å². The maximum absolute atomic E-state index is 13.1. The summed E-state index contributed by atoms with van der Waals surface area (Å²) in [4.78, 5) is 29.6. The van der Waals surface area contributed by atoms with Crippen molar-refractivity contribution >= 4 is 11.8 Å². The van der Waals surface area contributed by atoms with Gasteiger partial charge in [-0.05, 0) is 43.7 Å². The van der Waals surface area contributed by atoms with Crippen molar-refractivity contribution in [3.8, 4) is 0 Å². The average molecular weight is 380 g/mol. The van der Waals surface area contributed by atoms with Crippen LogP contribution in [0.3, 0.4) is 0 Å². The van der Waals surface area contributed by atoms with Crippen molar-refractivity contribution in [1.82, 2.24) is 20.0 Å². The van der Waals surface area contributed by atoms with Crippen molar-refractivity contribution < 1.29 is 9.59 Å². The molecule has 0 saturated carbocycles. The van der Waals surface area contributed by atoms with Gasteiger partial charge in [-0.1, -0.05) is 30.3 Å². The number of piperidine rings is 1. The van der Waals surface area contributed by atoms with Crippen molar-refractivity contribution in [2.75, 3.05) is 19.6 Å². The number of likely N-dealkylation sites (tertiary alicyclic amines) is 2. The minimum atomic E-state index is 0.0293. The lowest BCUT2D eigenvalue weighted by Crippen LogP contribution is -2.44. The summed E-state index contributed by atoms with van der Waals surface area (Å²) in [6.45, 7) is 2.19. The Labute approximate surface area is 165 Å². The molecule has 2 aliphatic rings. The van der Waals surface area contributed by atoms with Gasteiger partial charge in [-0.25, -0.2) is 0 Å². The third-order valence-electron chi connectivity index (χ3n) is 6.08. The molecule has 6 nitrogen and oxygen atoms in total. The monoisotopic (exact) mass is 380 g/mol. The van der Waals surface area contributed by atoms with E-state index in [2.05, 4.69) is 22.3 Å². The summed E-state index contributed by atoms with van der Waals surface area (Å²) in [5, 5.41) is 7.05. The number of carbonyl (C=O) groups is 2. The fourth-order valence-corrected chi connectivity index (χ4v) is 4.47. The van der Waals surface area contributed by atoms with E-state index in [1.165, 1.54) is 5.56 Å². The van der Waals surface area contributed by atoms with E-state index >= 15 is 0 Å². The van der Waals surface area contributed by atoms with Crippen LogP contribution in [0.1, 0.15) is 49.4 Å². The zero-order valence-corrected chi connectivity index (χ0v) is 16.2. The molecule has 28 heavy (non-hydrogen) atoms. The smallest absolute Gasteiger partial charge is 0.226 e. The highest BCUT2D eigenvalue weighted by Gasteiger charge is 2.36. The minimum Gasteiger partial charge on any atom is -0.343 e. The Hall–Kier alpha value is -2.63. The molecule has 148 valence electrons. The van der Waals surface area contributed by atoms with E-state index in [1.54, 1.807) is 6.20 Å². The third kappa shape index (κ3) is 4.11. The van der Waals surface area contributed by atoms with E-state index in [-0.39, 0.29) is 23.8 Å². The average Bonchev–Trinajstić information content (AvgIpc) is 3.44. The zero-order valence-electron chi connectivity index (χ0n) is 16.2. The van der Waals surface area contributed by atoms with E-state index in [1.807, 2.05) is 34.1 Å². The lowest BCUT2D eigenvalue weighted by molar-refractivity contribution is -0.141. The summed E-state index contributed by atoms with van der Waals surface area (Å²) in [7, 11) is 0. The number of H-pyrrole nitrogens is 1. The quantitative estimate of drug-likeness (QED) is 0.867. The standard InChI is InChI=1S/C22H28N4O2/c27-21(9-8-17-5-2-1-3-6-17)25-15-11-18(12-16-25)22(28)26-14-4-7-20(26)19-10-13-23-24-19/h1-3,5-6,10,13,18,20H,4,7-9,11-12,14-16H2,(H,23,24)/t20-/m0/s1. The second kappa shape index (κ2) is 8.59. The number of aryl methyl sites for hydroxylation is 1. The van der Waals surface area contributed by atoms with Crippen molar-refractivity contribution in [2.45, 2.75) is 44.6 Å². The third-order valence-corrected chi connectivity index (χ3v) is 6.08. The van der Waals surface area contributed by atoms with Gasteiger partial charge >= 0.3 is 0 Å². The Bertz CT molecular complexity index is 782. The summed E-state index contributed by atoms with van der Waals surface area (Å²) in [6, 6.07) is 12.2. The number of amides is 2. The van der Waals surface area contributed by atoms with Crippen LogP contribution in [0.2, 0.25) is 0 Å². The topological polar surface area (TPSA) is 69.3 Å². The van der Waals surface area contributed by atoms with Crippen LogP contribution >= 0.6 is 0 Å². The van der Waals surface area contributed by atoms with Crippen molar-refractivity contribution in [1.29, 1.82) is 0 Å². The van der Waals surface area contributed by atoms with Crippen LogP contribution in [0.5, 0.6) is 0 Å². The highest BCUT2D eigenvalue weighted by molar-refractivity contribution is 5.81. The molecule has 0 spiro atoms. The lowest BCUT2D eigenvalue weighted by Gasteiger charge is -2.34. The molecule has 0 unspecified atom stereocenters. The van der Waals surface area contributed by atoms with E-state index in [9.17, 15) is 9.59 Å². The maximum Gasteiger partial charge on any atom is 0.226 e. The highest BCUT2D eigenvalue weighted by atomic mass is 16.2. The van der Waals surface area contributed by atoms with Crippen LogP contribution in [0.25, 0.3) is 0 Å². The summed E-state index contributed by atoms with van der Waals surface area (Å²) < 4.78 is 0. The van der Waals surface area contributed by atoms with Crippen LogP contribution < -0.4 is 0 Å². The van der Waals surface area contributed by atoms with E-state index in [4.69, 9.17) is 0 Å². The number of carbonyl (C=O) groups excluding carboxylic acids is 2. The normalized spacial score (nSPS) is 20.5. The summed E-state index contributed by atoms with van der Waals surface area (Å²) >= 11 is 0. The fraction of sp³-hybridized carbons (Fsp3) is 0.500. The summed E-state index contributed by atoms with van der Waals surface area (Å²) in [6.07, 6.45) is 6.62. The first-order chi connectivity index (χ1) is 13.7. The van der Waals surface area contributed by atoms with Gasteiger partial charge in [-0.2, -0.15) is 5.10 Å². The maximum atomic E-state index is 13.1. The number of aromatic amines is 1. The zero-order chi connectivity index (χ0) is 19.3. The first-order valence-electron chi connectivity index (χ1n) is 10.3. The second-order valence-corrected chi connectivity index (χ2v) is 7.84. The molecule has 2 amide bonds. The van der Waals surface area contributed by atoms with Gasteiger partial charge in [0.15, 0.2) is 0 Å². The molecular formula is C22H28N4O2. The van der Waals surface area contributed by atoms with Crippen LogP contribution in [0.15, 0.2) is 42.6 Å². The Balaban J connectivity index is 1.27. The molecule has 2 fully saturated rings. The molecule has 6 heteroatoms. The molecule has 0 radical (unpaired) electrons. The van der Waals surface area contributed by atoms with Crippen LogP contribution in [0.4, 0.5) is 0 Å². The Morgan fingerprint density at radius 2 is 1.82 bits per heavy atom. The van der Waals surface area contributed by atoms with Gasteiger partial charge in [-0.15, -0.1) is 0 Å². The molecule has 2 aromatic rings. The van der Waals surface area contributed by atoms with E-state index in [0.717, 1.165) is 44.3 Å². The SMILES string of the molecule is O=C(CCc1ccccc1)N1CCC(C(=O)N2CCC[C@H]2c2ccn[nH]2)CC1. The first-order valence-corrected chi connectivity index (χ1v) is 10.3. The number of hydrogen-bond donors (Lipinski definition) is 1. The van der Waals surface area contributed by atoms with Gasteiger partial charge in [0.25, 0.3) is 0 Å². The number of benzene rings is 1. The van der Waals surface area contributed by atoms with Crippen molar-refractivity contribution in [3.05, 3.63) is 53.9 Å². The molecule has 1 aromatic heterocycles. The predicted molar refractivity (Wildman–Crippen MR) is 106 cm³/mol. The molecule has 1 aromatic carbocycles. The number of hydrogen-bond acceptors (Lipinski definition) is 3. The Kier molecular flexibility index (Phi) is 5.74. The van der Waals surface area contributed by atoms with Crippen molar-refractivity contribution in [2.24, 2.45) is 5.92 Å². The first kappa shape index (κ1) is 18.7. The number of nitrogens with one attached hydrogen (secondary N) is 1. The molecule has 4 rings (SSSR count). The van der Waals surface area contributed by atoms with Gasteiger partial charge < -0.3 is 9.80 Å². The fourth-order valence-electron chi connectivity index (χ4n) is 4.47. The van der Waals surface area contributed by atoms with E-state index < -0.39 is 0 Å². The molecular weight excluding hydrogens is 352 g/mol. The highest BCUT2D eigenvalue weighted by Crippen LogP contribution is 2.33. The van der Waals surface area contributed by atoms with Gasteiger partial charge in [0.05, 0.1) is 11.7 Å². The largest absolute Gasteiger partial charge is 0.343 e.